The number of hydrogen-bond acceptors (Lipinski definition) is 5. The first-order chi connectivity index (χ1) is 19.8. The van der Waals surface area contributed by atoms with E-state index in [1.54, 1.807) is 42.5 Å². The molecule has 1 spiro atoms. The summed E-state index contributed by atoms with van der Waals surface area (Å²) in [6.07, 6.45) is 2.56. The van der Waals surface area contributed by atoms with E-state index in [0.29, 0.717) is 57.5 Å². The summed E-state index contributed by atoms with van der Waals surface area (Å²) in [4.78, 5) is 28.1. The molecular formula is C30H26Cl2FN5O3. The monoisotopic (exact) mass is 593 g/mol. The summed E-state index contributed by atoms with van der Waals surface area (Å²) in [6.45, 7) is 0.833. The van der Waals surface area contributed by atoms with Gasteiger partial charge in [0.25, 0.3) is 0 Å². The zero-order valence-corrected chi connectivity index (χ0v) is 23.3. The normalized spacial score (nSPS) is 23.7. The molecule has 0 bridgehead atoms. The third-order valence-corrected chi connectivity index (χ3v) is 9.15. The van der Waals surface area contributed by atoms with Crippen molar-refractivity contribution in [2.45, 2.75) is 36.8 Å². The molecule has 1 aliphatic carbocycles. The molecule has 3 aromatic carbocycles. The topological polar surface area (TPSA) is 113 Å². The van der Waals surface area contributed by atoms with Gasteiger partial charge in [0.1, 0.15) is 18.0 Å². The zero-order chi connectivity index (χ0) is 28.5. The average Bonchev–Trinajstić information content (AvgIpc) is 3.50. The fraction of sp³-hybridized carbons (Fsp3) is 0.300. The number of hydrogen-bond donors (Lipinski definition) is 3. The Labute approximate surface area is 244 Å². The number of rotatable bonds is 7. The number of aromatic amines is 1. The maximum atomic E-state index is 15.7. The van der Waals surface area contributed by atoms with Crippen LogP contribution in [0.25, 0.3) is 10.9 Å². The molecule has 2 aliphatic heterocycles. The lowest BCUT2D eigenvalue weighted by Crippen LogP contribution is -2.53. The largest absolute Gasteiger partial charge is 0.475 e. The maximum absolute atomic E-state index is 15.7. The first-order valence-electron chi connectivity index (χ1n) is 13.5. The molecule has 3 heterocycles. The van der Waals surface area contributed by atoms with Crippen LogP contribution >= 0.6 is 23.2 Å². The van der Waals surface area contributed by atoms with Gasteiger partial charge in [-0.3, -0.25) is 19.6 Å². The Bertz CT molecular complexity index is 1720. The van der Waals surface area contributed by atoms with Crippen molar-refractivity contribution in [3.63, 3.8) is 0 Å². The molecule has 1 aromatic heterocycles. The van der Waals surface area contributed by atoms with Gasteiger partial charge in [0.05, 0.1) is 15.9 Å². The van der Waals surface area contributed by atoms with Crippen molar-refractivity contribution in [2.75, 3.05) is 18.5 Å². The fourth-order valence-corrected chi connectivity index (χ4v) is 6.93. The lowest BCUT2D eigenvalue weighted by atomic mass is 9.75. The molecule has 1 saturated heterocycles. The molecule has 2 fully saturated rings. The summed E-state index contributed by atoms with van der Waals surface area (Å²) >= 11 is 12.6. The van der Waals surface area contributed by atoms with Crippen molar-refractivity contribution in [3.05, 3.63) is 87.2 Å². The van der Waals surface area contributed by atoms with Gasteiger partial charge in [-0.2, -0.15) is 0 Å². The second kappa shape index (κ2) is 9.72. The number of likely N-dealkylation sites (tertiary alicyclic amines) is 1. The third-order valence-electron chi connectivity index (χ3n) is 8.63. The number of ether oxygens (including phenoxy) is 1. The SMILES string of the molecule is NC(=O)c1ccc2[nH]nc(OC[C@H]3C[C@H](c4cccc(Cl)c4F)[C@]4(C(=O)Nc5cc(Cl)ccc54)N3CC3CC3)c2c1. The molecule has 0 unspecified atom stereocenters. The average molecular weight is 594 g/mol. The summed E-state index contributed by atoms with van der Waals surface area (Å²) < 4.78 is 22.0. The number of anilines is 1. The Morgan fingerprint density at radius 2 is 2.00 bits per heavy atom. The van der Waals surface area contributed by atoms with Crippen LogP contribution in [0.15, 0.2) is 54.6 Å². The number of carbonyl (C=O) groups is 2. The van der Waals surface area contributed by atoms with Crippen molar-refractivity contribution in [1.82, 2.24) is 15.1 Å². The predicted molar refractivity (Wildman–Crippen MR) is 154 cm³/mol. The first-order valence-corrected chi connectivity index (χ1v) is 14.3. The second-order valence-corrected chi connectivity index (χ2v) is 11.9. The third kappa shape index (κ3) is 4.17. The van der Waals surface area contributed by atoms with Crippen molar-refractivity contribution in [1.29, 1.82) is 0 Å². The van der Waals surface area contributed by atoms with Crippen LogP contribution in [0.3, 0.4) is 0 Å². The van der Waals surface area contributed by atoms with Gasteiger partial charge in [0.15, 0.2) is 0 Å². The second-order valence-electron chi connectivity index (χ2n) is 11.1. The molecule has 3 aliphatic rings. The van der Waals surface area contributed by atoms with Crippen molar-refractivity contribution < 1.29 is 18.7 Å². The smallest absolute Gasteiger partial charge is 0.250 e. The van der Waals surface area contributed by atoms with E-state index >= 15 is 4.39 Å². The van der Waals surface area contributed by atoms with Gasteiger partial charge in [0, 0.05) is 40.3 Å². The standard InChI is InChI=1S/C30H26Cl2FN5O3/c31-17-7-8-21-25(11-17)35-29(40)30(21)22(19-2-1-3-23(32)26(19)33)12-18(38(30)13-15-4-5-15)14-41-28-20-10-16(27(34)39)6-9-24(20)36-37-28/h1-3,6-11,15,18,22H,4-5,12-14H2,(H2,34,39)(H,35,40)(H,36,37)/t18-,22-,30-/m1/s1. The van der Waals surface area contributed by atoms with E-state index < -0.39 is 23.2 Å². The number of fused-ring (bicyclic) bond motifs is 3. The van der Waals surface area contributed by atoms with Crippen molar-refractivity contribution >= 4 is 51.6 Å². The number of aromatic nitrogens is 2. The van der Waals surface area contributed by atoms with E-state index in [4.69, 9.17) is 33.7 Å². The first kappa shape index (κ1) is 26.3. The number of nitrogens with two attached hydrogens (primary N) is 1. The molecule has 8 nitrogen and oxygen atoms in total. The van der Waals surface area contributed by atoms with E-state index in [-0.39, 0.29) is 23.6 Å². The Kier molecular flexibility index (Phi) is 6.22. The Hall–Kier alpha value is -3.66. The van der Waals surface area contributed by atoms with Crippen LogP contribution in [0.1, 0.15) is 46.7 Å². The molecule has 210 valence electrons. The van der Waals surface area contributed by atoms with Crippen molar-refractivity contribution in [3.8, 4) is 5.88 Å². The minimum atomic E-state index is -1.19. The van der Waals surface area contributed by atoms with E-state index in [1.807, 2.05) is 6.07 Å². The lowest BCUT2D eigenvalue weighted by Gasteiger charge is -2.40. The molecule has 7 rings (SSSR count). The molecule has 1 saturated carbocycles. The van der Waals surface area contributed by atoms with E-state index in [9.17, 15) is 9.59 Å². The molecular weight excluding hydrogens is 568 g/mol. The Morgan fingerprint density at radius 3 is 2.78 bits per heavy atom. The van der Waals surface area contributed by atoms with Gasteiger partial charge in [-0.15, -0.1) is 5.10 Å². The Morgan fingerprint density at radius 1 is 1.17 bits per heavy atom. The highest BCUT2D eigenvalue weighted by Crippen LogP contribution is 2.58. The van der Waals surface area contributed by atoms with Crippen LogP contribution in [0, 0.1) is 11.7 Å². The molecule has 2 amide bonds. The molecule has 4 aromatic rings. The molecule has 3 atom stereocenters. The van der Waals surface area contributed by atoms with Gasteiger partial charge in [0.2, 0.25) is 17.7 Å². The van der Waals surface area contributed by atoms with Gasteiger partial charge >= 0.3 is 0 Å². The summed E-state index contributed by atoms with van der Waals surface area (Å²) in [7, 11) is 0. The summed E-state index contributed by atoms with van der Waals surface area (Å²) in [6, 6.07) is 15.0. The summed E-state index contributed by atoms with van der Waals surface area (Å²) in [5, 5.41) is 11.4. The van der Waals surface area contributed by atoms with E-state index in [1.165, 1.54) is 6.07 Å². The van der Waals surface area contributed by atoms with Gasteiger partial charge in [-0.1, -0.05) is 41.4 Å². The fourth-order valence-electron chi connectivity index (χ4n) is 6.58. The number of primary amides is 1. The summed E-state index contributed by atoms with van der Waals surface area (Å²) in [5.74, 6) is -1.11. The lowest BCUT2D eigenvalue weighted by molar-refractivity contribution is -0.128. The van der Waals surface area contributed by atoms with E-state index in [2.05, 4.69) is 20.4 Å². The number of H-pyrrole nitrogens is 1. The van der Waals surface area contributed by atoms with Crippen LogP contribution in [0.2, 0.25) is 10.0 Å². The molecule has 0 radical (unpaired) electrons. The maximum Gasteiger partial charge on any atom is 0.250 e. The van der Waals surface area contributed by atoms with Crippen LogP contribution in [-0.4, -0.2) is 46.1 Å². The Balaban J connectivity index is 1.33. The van der Waals surface area contributed by atoms with Gasteiger partial charge < -0.3 is 15.8 Å². The number of halogens is 3. The number of benzene rings is 3. The quantitative estimate of drug-likeness (QED) is 0.258. The van der Waals surface area contributed by atoms with Gasteiger partial charge in [-0.25, -0.2) is 4.39 Å². The van der Waals surface area contributed by atoms with Crippen LogP contribution in [-0.2, 0) is 10.3 Å². The van der Waals surface area contributed by atoms with Crippen LogP contribution in [0.5, 0.6) is 5.88 Å². The minimum absolute atomic E-state index is 0.00840. The highest BCUT2D eigenvalue weighted by molar-refractivity contribution is 6.31. The van der Waals surface area contributed by atoms with Gasteiger partial charge in [-0.05, 0) is 67.1 Å². The van der Waals surface area contributed by atoms with Crippen LogP contribution < -0.4 is 15.8 Å². The van der Waals surface area contributed by atoms with Crippen molar-refractivity contribution in [2.24, 2.45) is 11.7 Å². The van der Waals surface area contributed by atoms with Crippen LogP contribution in [0.4, 0.5) is 10.1 Å². The number of nitrogens with one attached hydrogen (secondary N) is 2. The highest BCUT2D eigenvalue weighted by atomic mass is 35.5. The zero-order valence-electron chi connectivity index (χ0n) is 21.8. The van der Waals surface area contributed by atoms with E-state index in [0.717, 1.165) is 18.4 Å². The summed E-state index contributed by atoms with van der Waals surface area (Å²) in [5.41, 5.74) is 7.10. The minimum Gasteiger partial charge on any atom is -0.475 e. The number of carbonyl (C=O) groups excluding carboxylic acids is 2. The number of amides is 2. The molecule has 4 N–H and O–H groups in total. The number of nitrogens with zero attached hydrogens (tertiary/aromatic N) is 2. The highest BCUT2D eigenvalue weighted by Gasteiger charge is 2.64. The molecule has 11 heteroatoms. The molecule has 41 heavy (non-hydrogen) atoms. The predicted octanol–water partition coefficient (Wildman–Crippen LogP) is 5.60.